The van der Waals surface area contributed by atoms with Gasteiger partial charge in [0.15, 0.2) is 0 Å². The van der Waals surface area contributed by atoms with E-state index in [4.69, 9.17) is 5.11 Å². The Kier molecular flexibility index (Phi) is 2.57. The molecule has 1 aliphatic rings. The molecule has 4 nitrogen and oxygen atoms in total. The van der Waals surface area contributed by atoms with Crippen LogP contribution in [0.3, 0.4) is 0 Å². The monoisotopic (exact) mass is 293 g/mol. The minimum absolute atomic E-state index is 0.0332. The number of aromatic amines is 1. The smallest absolute Gasteiger partial charge is 0.339 e. The molecule has 0 unspecified atom stereocenters. The molecule has 1 aliphatic carbocycles. The summed E-state index contributed by atoms with van der Waals surface area (Å²) in [6.07, 6.45) is 1.65. The maximum absolute atomic E-state index is 11.2. The predicted octanol–water partition coefficient (Wildman–Crippen LogP) is 3.65. The Labute approximate surface area is 127 Å². The van der Waals surface area contributed by atoms with E-state index in [-0.39, 0.29) is 11.3 Å². The van der Waals surface area contributed by atoms with Crippen LogP contribution in [0.4, 0.5) is 0 Å². The molecule has 22 heavy (non-hydrogen) atoms. The molecule has 3 aromatic rings. The number of H-pyrrole nitrogens is 1. The second-order valence-electron chi connectivity index (χ2n) is 5.86. The summed E-state index contributed by atoms with van der Waals surface area (Å²) in [6, 6.07) is 9.48. The van der Waals surface area contributed by atoms with Gasteiger partial charge in [-0.3, -0.25) is 0 Å². The van der Waals surface area contributed by atoms with Crippen molar-refractivity contribution in [3.05, 3.63) is 52.6 Å². The first kappa shape index (κ1) is 13.0. The first-order valence-electron chi connectivity index (χ1n) is 7.25. The standard InChI is InChI=1S/C18H15NO3/c1-9-2-4-11-12-5-3-10-7-14(18(21)22)16(20)8-13(10)17(12)19-15(11)6-9/h2,4,6-8,19-20H,3,5H2,1H3,(H,21,22). The number of benzene rings is 2. The Morgan fingerprint density at radius 1 is 1.18 bits per heavy atom. The summed E-state index contributed by atoms with van der Waals surface area (Å²) in [7, 11) is 0. The highest BCUT2D eigenvalue weighted by Crippen LogP contribution is 2.40. The minimum atomic E-state index is -1.10. The predicted molar refractivity (Wildman–Crippen MR) is 84.5 cm³/mol. The average molecular weight is 293 g/mol. The number of carboxylic acids is 1. The molecule has 4 rings (SSSR count). The van der Waals surface area contributed by atoms with Gasteiger partial charge in [0.1, 0.15) is 11.3 Å². The summed E-state index contributed by atoms with van der Waals surface area (Å²) in [5.74, 6) is -1.28. The number of aromatic hydroxyl groups is 1. The van der Waals surface area contributed by atoms with Crippen LogP contribution in [0.2, 0.25) is 0 Å². The number of aromatic carboxylic acids is 1. The summed E-state index contributed by atoms with van der Waals surface area (Å²) in [5.41, 5.74) is 6.34. The maximum Gasteiger partial charge on any atom is 0.339 e. The number of phenols is 1. The van der Waals surface area contributed by atoms with Gasteiger partial charge in [0.2, 0.25) is 0 Å². The summed E-state index contributed by atoms with van der Waals surface area (Å²) >= 11 is 0. The third kappa shape index (κ3) is 1.73. The van der Waals surface area contributed by atoms with Crippen LogP contribution in [0, 0.1) is 6.92 Å². The van der Waals surface area contributed by atoms with Crippen LogP contribution >= 0.6 is 0 Å². The van der Waals surface area contributed by atoms with E-state index in [2.05, 4.69) is 30.1 Å². The number of carboxylic acid groups (broad SMARTS) is 1. The Hall–Kier alpha value is -2.75. The molecule has 1 aromatic heterocycles. The minimum Gasteiger partial charge on any atom is -0.507 e. The van der Waals surface area contributed by atoms with Crippen molar-refractivity contribution in [3.8, 4) is 17.0 Å². The molecule has 0 spiro atoms. The first-order chi connectivity index (χ1) is 10.5. The van der Waals surface area contributed by atoms with E-state index < -0.39 is 5.97 Å². The van der Waals surface area contributed by atoms with Crippen molar-refractivity contribution in [2.24, 2.45) is 0 Å². The quantitative estimate of drug-likeness (QED) is 0.641. The van der Waals surface area contributed by atoms with E-state index in [0.29, 0.717) is 0 Å². The molecule has 1 heterocycles. The molecule has 0 saturated heterocycles. The fourth-order valence-corrected chi connectivity index (χ4v) is 3.36. The average Bonchev–Trinajstić information content (AvgIpc) is 2.84. The van der Waals surface area contributed by atoms with Crippen molar-refractivity contribution >= 4 is 16.9 Å². The summed E-state index contributed by atoms with van der Waals surface area (Å²) in [6.45, 7) is 2.05. The molecule has 0 atom stereocenters. The van der Waals surface area contributed by atoms with Crippen molar-refractivity contribution in [1.82, 2.24) is 4.98 Å². The van der Waals surface area contributed by atoms with Crippen LogP contribution in [-0.4, -0.2) is 21.2 Å². The van der Waals surface area contributed by atoms with Gasteiger partial charge in [-0.05, 0) is 54.7 Å². The molecule has 0 aliphatic heterocycles. The van der Waals surface area contributed by atoms with Gasteiger partial charge in [-0.2, -0.15) is 0 Å². The molecule has 4 heteroatoms. The fraction of sp³-hybridized carbons (Fsp3) is 0.167. The number of hydrogen-bond acceptors (Lipinski definition) is 2. The van der Waals surface area contributed by atoms with E-state index >= 15 is 0 Å². The molecule has 0 fully saturated rings. The van der Waals surface area contributed by atoms with Gasteiger partial charge >= 0.3 is 5.97 Å². The SMILES string of the molecule is Cc1ccc2c3c([nH]c2c1)-c1cc(O)c(C(=O)O)cc1CC3. The van der Waals surface area contributed by atoms with Gasteiger partial charge in [0.25, 0.3) is 0 Å². The Morgan fingerprint density at radius 2 is 2.00 bits per heavy atom. The number of aryl methyl sites for hydroxylation is 3. The molecule has 110 valence electrons. The summed E-state index contributed by atoms with van der Waals surface area (Å²) in [5, 5.41) is 20.3. The number of aromatic nitrogens is 1. The third-order valence-corrected chi connectivity index (χ3v) is 4.43. The fourth-order valence-electron chi connectivity index (χ4n) is 3.36. The lowest BCUT2D eigenvalue weighted by Crippen LogP contribution is -2.06. The van der Waals surface area contributed by atoms with Crippen LogP contribution in [0.25, 0.3) is 22.2 Å². The molecule has 2 aromatic carbocycles. The van der Waals surface area contributed by atoms with E-state index in [9.17, 15) is 9.90 Å². The molecule has 3 N–H and O–H groups in total. The van der Waals surface area contributed by atoms with Gasteiger partial charge in [0, 0.05) is 16.5 Å². The number of rotatable bonds is 1. The first-order valence-corrected chi connectivity index (χ1v) is 7.25. The van der Waals surface area contributed by atoms with Crippen molar-refractivity contribution < 1.29 is 15.0 Å². The number of nitrogens with one attached hydrogen (secondary N) is 1. The van der Waals surface area contributed by atoms with E-state index in [0.717, 1.165) is 35.2 Å². The van der Waals surface area contributed by atoms with Crippen LogP contribution in [0.5, 0.6) is 5.75 Å². The van der Waals surface area contributed by atoms with Gasteiger partial charge in [0.05, 0.1) is 5.69 Å². The van der Waals surface area contributed by atoms with Crippen molar-refractivity contribution in [2.75, 3.05) is 0 Å². The van der Waals surface area contributed by atoms with Crippen molar-refractivity contribution in [2.45, 2.75) is 19.8 Å². The second-order valence-corrected chi connectivity index (χ2v) is 5.86. The highest BCUT2D eigenvalue weighted by Gasteiger charge is 2.23. The largest absolute Gasteiger partial charge is 0.507 e. The zero-order valence-electron chi connectivity index (χ0n) is 12.1. The van der Waals surface area contributed by atoms with Crippen LogP contribution in [0.1, 0.15) is 27.0 Å². The normalized spacial score (nSPS) is 13.0. The summed E-state index contributed by atoms with van der Waals surface area (Å²) in [4.78, 5) is 14.6. The molecule has 0 amide bonds. The Balaban J connectivity index is 1.99. The molecule has 0 saturated carbocycles. The molecular weight excluding hydrogens is 278 g/mol. The van der Waals surface area contributed by atoms with Gasteiger partial charge in [-0.15, -0.1) is 0 Å². The lowest BCUT2D eigenvalue weighted by Gasteiger charge is -2.18. The third-order valence-electron chi connectivity index (χ3n) is 4.43. The molecular formula is C18H15NO3. The van der Waals surface area contributed by atoms with Crippen LogP contribution < -0.4 is 0 Å². The lowest BCUT2D eigenvalue weighted by molar-refractivity contribution is 0.0693. The Morgan fingerprint density at radius 3 is 2.77 bits per heavy atom. The second kappa shape index (κ2) is 4.37. The topological polar surface area (TPSA) is 73.3 Å². The molecule has 0 radical (unpaired) electrons. The Bertz CT molecular complexity index is 937. The van der Waals surface area contributed by atoms with E-state index in [1.165, 1.54) is 16.5 Å². The lowest BCUT2D eigenvalue weighted by atomic mass is 9.87. The number of fused-ring (bicyclic) bond motifs is 5. The summed E-state index contributed by atoms with van der Waals surface area (Å²) < 4.78 is 0. The zero-order chi connectivity index (χ0) is 15.4. The van der Waals surface area contributed by atoms with Crippen LogP contribution in [-0.2, 0) is 12.8 Å². The van der Waals surface area contributed by atoms with Gasteiger partial charge in [-0.25, -0.2) is 4.79 Å². The van der Waals surface area contributed by atoms with Crippen molar-refractivity contribution in [1.29, 1.82) is 0 Å². The zero-order valence-corrected chi connectivity index (χ0v) is 12.1. The van der Waals surface area contributed by atoms with E-state index in [1.807, 2.05) is 0 Å². The van der Waals surface area contributed by atoms with Crippen molar-refractivity contribution in [3.63, 3.8) is 0 Å². The maximum atomic E-state index is 11.2. The van der Waals surface area contributed by atoms with Gasteiger partial charge in [-0.1, -0.05) is 12.1 Å². The molecule has 0 bridgehead atoms. The highest BCUT2D eigenvalue weighted by atomic mass is 16.4. The van der Waals surface area contributed by atoms with Gasteiger partial charge < -0.3 is 15.2 Å². The van der Waals surface area contributed by atoms with E-state index in [1.54, 1.807) is 12.1 Å². The number of hydrogen-bond donors (Lipinski definition) is 3. The van der Waals surface area contributed by atoms with Crippen LogP contribution in [0.15, 0.2) is 30.3 Å². The highest BCUT2D eigenvalue weighted by molar-refractivity contribution is 5.96. The number of carbonyl (C=O) groups is 1.